The smallest absolute Gasteiger partial charge is 0.299 e. The van der Waals surface area contributed by atoms with Crippen LogP contribution in [0.3, 0.4) is 0 Å². The Morgan fingerprint density at radius 2 is 2.07 bits per heavy atom. The number of halogens is 2. The van der Waals surface area contributed by atoms with Crippen LogP contribution in [-0.2, 0) is 5.92 Å². The van der Waals surface area contributed by atoms with Gasteiger partial charge in [-0.25, -0.2) is 0 Å². The van der Waals surface area contributed by atoms with Crippen molar-refractivity contribution in [2.45, 2.75) is 12.8 Å². The maximum absolute atomic E-state index is 13.1. The minimum Gasteiger partial charge on any atom is -0.504 e. The molecule has 5 heteroatoms. The summed E-state index contributed by atoms with van der Waals surface area (Å²) in [6, 6.07) is 3.77. The van der Waals surface area contributed by atoms with Crippen molar-refractivity contribution in [3.63, 3.8) is 0 Å². The van der Waals surface area contributed by atoms with Gasteiger partial charge < -0.3 is 14.9 Å². The minimum absolute atomic E-state index is 0.0110. The van der Waals surface area contributed by atoms with Crippen LogP contribution >= 0.6 is 0 Å². The molecule has 0 aliphatic rings. The number of aliphatic hydroxyl groups excluding tert-OH is 1. The molecule has 0 heterocycles. The molecule has 15 heavy (non-hydrogen) atoms. The van der Waals surface area contributed by atoms with Gasteiger partial charge in [-0.2, -0.15) is 8.78 Å². The lowest BCUT2D eigenvalue weighted by Crippen LogP contribution is -2.18. The van der Waals surface area contributed by atoms with E-state index >= 15 is 0 Å². The van der Waals surface area contributed by atoms with E-state index in [0.717, 1.165) is 6.07 Å². The second-order valence-corrected chi connectivity index (χ2v) is 2.95. The molecular weight excluding hydrogens is 206 g/mol. The molecule has 0 radical (unpaired) electrons. The topological polar surface area (TPSA) is 49.7 Å². The maximum Gasteiger partial charge on any atom is 0.299 e. The van der Waals surface area contributed by atoms with Crippen LogP contribution in [0.1, 0.15) is 12.5 Å². The van der Waals surface area contributed by atoms with E-state index in [1.54, 1.807) is 6.92 Å². The van der Waals surface area contributed by atoms with Gasteiger partial charge in [-0.05, 0) is 19.1 Å². The Kier molecular flexibility index (Phi) is 3.47. The Hall–Kier alpha value is -1.36. The molecule has 2 N–H and O–H groups in total. The maximum atomic E-state index is 13.1. The predicted octanol–water partition coefficient (Wildman–Crippen LogP) is 1.88. The highest BCUT2D eigenvalue weighted by Crippen LogP contribution is 2.39. The molecule has 0 aromatic heterocycles. The van der Waals surface area contributed by atoms with Crippen LogP contribution in [0.15, 0.2) is 18.2 Å². The molecule has 0 amide bonds. The van der Waals surface area contributed by atoms with Crippen molar-refractivity contribution in [1.29, 1.82) is 0 Å². The molecular formula is C10H12F2O3. The summed E-state index contributed by atoms with van der Waals surface area (Å²) in [5.74, 6) is -4.10. The number of hydrogen-bond acceptors (Lipinski definition) is 3. The van der Waals surface area contributed by atoms with Gasteiger partial charge in [-0.15, -0.1) is 0 Å². The van der Waals surface area contributed by atoms with Crippen LogP contribution in [0.5, 0.6) is 11.5 Å². The second-order valence-electron chi connectivity index (χ2n) is 2.95. The van der Waals surface area contributed by atoms with Gasteiger partial charge in [0.1, 0.15) is 6.61 Å². The molecule has 1 aromatic rings. The quantitative estimate of drug-likeness (QED) is 0.811. The molecule has 0 unspecified atom stereocenters. The first kappa shape index (κ1) is 11.7. The number of aromatic hydroxyl groups is 1. The Labute approximate surface area is 85.9 Å². The van der Waals surface area contributed by atoms with E-state index in [9.17, 15) is 13.9 Å². The molecule has 0 fully saturated rings. The number of hydrogen-bond donors (Lipinski definition) is 2. The molecule has 0 atom stereocenters. The number of phenols is 1. The summed E-state index contributed by atoms with van der Waals surface area (Å²) in [6.07, 6.45) is 0. The van der Waals surface area contributed by atoms with Crippen molar-refractivity contribution >= 4 is 0 Å². The molecule has 0 aliphatic carbocycles. The minimum atomic E-state index is -3.46. The first-order valence-electron chi connectivity index (χ1n) is 4.47. The Bertz CT molecular complexity index is 339. The van der Waals surface area contributed by atoms with Crippen LogP contribution in [0, 0.1) is 0 Å². The molecule has 0 aliphatic heterocycles. The molecule has 0 saturated heterocycles. The summed E-state index contributed by atoms with van der Waals surface area (Å²) in [5, 5.41) is 18.0. The summed E-state index contributed by atoms with van der Waals surface area (Å²) in [6.45, 7) is 0.591. The lowest BCUT2D eigenvalue weighted by atomic mass is 10.1. The van der Waals surface area contributed by atoms with E-state index in [0.29, 0.717) is 0 Å². The summed E-state index contributed by atoms with van der Waals surface area (Å²) in [4.78, 5) is 0. The van der Waals surface area contributed by atoms with Crippen LogP contribution in [-0.4, -0.2) is 23.4 Å². The zero-order chi connectivity index (χ0) is 11.5. The number of aliphatic hydroxyl groups is 1. The molecule has 84 valence electrons. The average Bonchev–Trinajstić information content (AvgIpc) is 2.21. The zero-order valence-corrected chi connectivity index (χ0v) is 8.20. The first-order chi connectivity index (χ1) is 7.03. The SMILES string of the molecule is CCOc1cccc(C(F)(F)CO)c1O. The van der Waals surface area contributed by atoms with Gasteiger partial charge in [0, 0.05) is 0 Å². The second kappa shape index (κ2) is 4.44. The summed E-state index contributed by atoms with van der Waals surface area (Å²) in [5.41, 5.74) is -0.629. The van der Waals surface area contributed by atoms with Crippen molar-refractivity contribution in [2.24, 2.45) is 0 Å². The largest absolute Gasteiger partial charge is 0.504 e. The normalized spacial score (nSPS) is 11.5. The van der Waals surface area contributed by atoms with Crippen LogP contribution in [0.4, 0.5) is 8.78 Å². The third-order valence-corrected chi connectivity index (χ3v) is 1.89. The lowest BCUT2D eigenvalue weighted by molar-refractivity contribution is -0.0573. The van der Waals surface area contributed by atoms with Gasteiger partial charge in [0.05, 0.1) is 12.2 Å². The summed E-state index contributed by atoms with van der Waals surface area (Å²) in [7, 11) is 0. The van der Waals surface area contributed by atoms with Crippen LogP contribution in [0.2, 0.25) is 0 Å². The molecule has 3 nitrogen and oxygen atoms in total. The van der Waals surface area contributed by atoms with E-state index in [4.69, 9.17) is 9.84 Å². The number of alkyl halides is 2. The molecule has 0 bridgehead atoms. The highest BCUT2D eigenvalue weighted by atomic mass is 19.3. The monoisotopic (exact) mass is 218 g/mol. The highest BCUT2D eigenvalue weighted by Gasteiger charge is 2.34. The van der Waals surface area contributed by atoms with E-state index in [1.165, 1.54) is 12.1 Å². The van der Waals surface area contributed by atoms with Gasteiger partial charge in [0.25, 0.3) is 5.92 Å². The molecule has 0 spiro atoms. The van der Waals surface area contributed by atoms with E-state index in [1.807, 2.05) is 0 Å². The van der Waals surface area contributed by atoms with E-state index in [-0.39, 0.29) is 12.4 Å². The number of phenolic OH excluding ortho intramolecular Hbond substituents is 1. The fourth-order valence-electron chi connectivity index (χ4n) is 1.17. The summed E-state index contributed by atoms with van der Waals surface area (Å²) < 4.78 is 31.2. The van der Waals surface area contributed by atoms with Gasteiger partial charge >= 0.3 is 0 Å². The van der Waals surface area contributed by atoms with Gasteiger partial charge in [-0.3, -0.25) is 0 Å². The molecule has 0 saturated carbocycles. The molecule has 1 aromatic carbocycles. The average molecular weight is 218 g/mol. The third kappa shape index (κ3) is 2.36. The lowest BCUT2D eigenvalue weighted by Gasteiger charge is -2.16. The van der Waals surface area contributed by atoms with Crippen molar-refractivity contribution in [2.75, 3.05) is 13.2 Å². The number of ether oxygens (including phenoxy) is 1. The Morgan fingerprint density at radius 3 is 2.60 bits per heavy atom. The standard InChI is InChI=1S/C10H12F2O3/c1-2-15-8-5-3-4-7(9(8)14)10(11,12)6-13/h3-5,13-14H,2,6H2,1H3. The number of para-hydroxylation sites is 1. The van der Waals surface area contributed by atoms with Gasteiger partial charge in [-0.1, -0.05) is 6.07 Å². The number of rotatable bonds is 4. The van der Waals surface area contributed by atoms with Gasteiger partial charge in [0.2, 0.25) is 0 Å². The van der Waals surface area contributed by atoms with E-state index in [2.05, 4.69) is 0 Å². The van der Waals surface area contributed by atoms with Crippen molar-refractivity contribution < 1.29 is 23.7 Å². The first-order valence-corrected chi connectivity index (χ1v) is 4.47. The highest BCUT2D eigenvalue weighted by molar-refractivity contribution is 5.47. The van der Waals surface area contributed by atoms with Crippen molar-refractivity contribution in [1.82, 2.24) is 0 Å². The van der Waals surface area contributed by atoms with Crippen molar-refractivity contribution in [3.8, 4) is 11.5 Å². The fourth-order valence-corrected chi connectivity index (χ4v) is 1.17. The molecule has 1 rings (SSSR count). The zero-order valence-electron chi connectivity index (χ0n) is 8.20. The third-order valence-electron chi connectivity index (χ3n) is 1.89. The van der Waals surface area contributed by atoms with Crippen LogP contribution in [0.25, 0.3) is 0 Å². The van der Waals surface area contributed by atoms with E-state index < -0.39 is 23.8 Å². The summed E-state index contributed by atoms with van der Waals surface area (Å²) >= 11 is 0. The Morgan fingerprint density at radius 1 is 1.40 bits per heavy atom. The Balaban J connectivity index is 3.15. The number of benzene rings is 1. The van der Waals surface area contributed by atoms with Crippen molar-refractivity contribution in [3.05, 3.63) is 23.8 Å². The predicted molar refractivity (Wildman–Crippen MR) is 50.3 cm³/mol. The van der Waals surface area contributed by atoms with Gasteiger partial charge in [0.15, 0.2) is 11.5 Å². The van der Waals surface area contributed by atoms with Crippen LogP contribution < -0.4 is 4.74 Å². The fraction of sp³-hybridized carbons (Fsp3) is 0.400.